The minimum Gasteiger partial charge on any atom is -0.486 e. The number of carbonyl (C=O) groups excluding carboxylic acids is 1. The van der Waals surface area contributed by atoms with E-state index in [1.54, 1.807) is 18.3 Å². The molecule has 2 aromatic rings. The molecular formula is C16H19N3O2. The number of amides is 1. The molecular weight excluding hydrogens is 266 g/mol. The summed E-state index contributed by atoms with van der Waals surface area (Å²) in [6.07, 6.45) is 1.57. The Morgan fingerprint density at radius 2 is 2.05 bits per heavy atom. The van der Waals surface area contributed by atoms with E-state index in [1.165, 1.54) is 5.56 Å². The average Bonchev–Trinajstić information content (AvgIpc) is 2.52. The van der Waals surface area contributed by atoms with Gasteiger partial charge in [-0.15, -0.1) is 0 Å². The van der Waals surface area contributed by atoms with Crippen molar-refractivity contribution in [3.05, 3.63) is 59.4 Å². The van der Waals surface area contributed by atoms with Gasteiger partial charge in [0.15, 0.2) is 11.4 Å². The molecule has 1 aromatic heterocycles. The summed E-state index contributed by atoms with van der Waals surface area (Å²) < 4.78 is 5.71. The van der Waals surface area contributed by atoms with Crippen molar-refractivity contribution in [2.75, 3.05) is 13.1 Å². The van der Waals surface area contributed by atoms with Gasteiger partial charge >= 0.3 is 0 Å². The van der Waals surface area contributed by atoms with Gasteiger partial charge in [0.1, 0.15) is 6.61 Å². The van der Waals surface area contributed by atoms with Gasteiger partial charge in [-0.2, -0.15) is 0 Å². The topological polar surface area (TPSA) is 77.2 Å². The lowest BCUT2D eigenvalue weighted by atomic mass is 10.2. The van der Waals surface area contributed by atoms with E-state index in [0.29, 0.717) is 25.4 Å². The Morgan fingerprint density at radius 3 is 2.76 bits per heavy atom. The van der Waals surface area contributed by atoms with Crippen LogP contribution in [0.1, 0.15) is 21.6 Å². The zero-order valence-corrected chi connectivity index (χ0v) is 12.0. The fourth-order valence-electron chi connectivity index (χ4n) is 1.79. The number of nitrogens with zero attached hydrogens (tertiary/aromatic N) is 1. The van der Waals surface area contributed by atoms with Gasteiger partial charge in [0.25, 0.3) is 5.91 Å². The Balaban J connectivity index is 2.06. The minimum absolute atomic E-state index is 0.276. The van der Waals surface area contributed by atoms with Crippen molar-refractivity contribution < 1.29 is 9.53 Å². The second-order valence-electron chi connectivity index (χ2n) is 4.67. The Labute approximate surface area is 124 Å². The molecule has 0 saturated carbocycles. The maximum absolute atomic E-state index is 12.0. The van der Waals surface area contributed by atoms with Crippen molar-refractivity contribution in [2.45, 2.75) is 13.5 Å². The van der Waals surface area contributed by atoms with Crippen molar-refractivity contribution in [1.82, 2.24) is 10.3 Å². The van der Waals surface area contributed by atoms with Crippen molar-refractivity contribution in [3.63, 3.8) is 0 Å². The molecule has 1 amide bonds. The first-order chi connectivity index (χ1) is 10.2. The van der Waals surface area contributed by atoms with Crippen molar-refractivity contribution in [1.29, 1.82) is 0 Å². The molecule has 0 aliphatic rings. The summed E-state index contributed by atoms with van der Waals surface area (Å²) in [5.74, 6) is 0.188. The molecule has 5 nitrogen and oxygen atoms in total. The second kappa shape index (κ2) is 7.40. The van der Waals surface area contributed by atoms with Gasteiger partial charge in [-0.05, 0) is 24.6 Å². The lowest BCUT2D eigenvalue weighted by Gasteiger charge is -2.10. The fraction of sp³-hybridized carbons (Fsp3) is 0.250. The van der Waals surface area contributed by atoms with Crippen LogP contribution < -0.4 is 15.8 Å². The molecule has 0 unspecified atom stereocenters. The van der Waals surface area contributed by atoms with Gasteiger partial charge in [0.2, 0.25) is 0 Å². The molecule has 21 heavy (non-hydrogen) atoms. The molecule has 1 heterocycles. The molecule has 3 N–H and O–H groups in total. The minimum atomic E-state index is -0.278. The number of nitrogens with two attached hydrogens (primary N) is 1. The number of nitrogens with one attached hydrogen (secondary N) is 1. The monoisotopic (exact) mass is 285 g/mol. The number of rotatable bonds is 6. The first-order valence-corrected chi connectivity index (χ1v) is 6.82. The third-order valence-corrected chi connectivity index (χ3v) is 2.93. The summed E-state index contributed by atoms with van der Waals surface area (Å²) >= 11 is 0. The van der Waals surface area contributed by atoms with Gasteiger partial charge < -0.3 is 15.8 Å². The number of ether oxygens (including phenoxy) is 1. The molecule has 0 atom stereocenters. The highest BCUT2D eigenvalue weighted by molar-refractivity contribution is 5.94. The van der Waals surface area contributed by atoms with Crippen LogP contribution in [0.25, 0.3) is 0 Å². The Bertz CT molecular complexity index is 597. The molecule has 2 rings (SSSR count). The number of hydrogen-bond donors (Lipinski definition) is 2. The lowest BCUT2D eigenvalue weighted by Crippen LogP contribution is -2.30. The standard InChI is InChI=1S/C16H19N3O2/c1-12-4-6-13(7-5-12)11-21-14-3-2-9-18-15(14)16(20)19-10-8-17/h2-7,9H,8,10-11,17H2,1H3,(H,19,20). The second-order valence-corrected chi connectivity index (χ2v) is 4.67. The normalized spacial score (nSPS) is 10.2. The predicted molar refractivity (Wildman–Crippen MR) is 81.1 cm³/mol. The van der Waals surface area contributed by atoms with Crippen LogP contribution in [-0.4, -0.2) is 24.0 Å². The number of aryl methyl sites for hydroxylation is 1. The molecule has 110 valence electrons. The van der Waals surface area contributed by atoms with Crippen LogP contribution in [0, 0.1) is 6.92 Å². The summed E-state index contributed by atoms with van der Waals surface area (Å²) in [6.45, 7) is 3.22. The van der Waals surface area contributed by atoms with Gasteiger partial charge in [-0.3, -0.25) is 4.79 Å². The summed E-state index contributed by atoms with van der Waals surface area (Å²) in [6, 6.07) is 11.5. The lowest BCUT2D eigenvalue weighted by molar-refractivity contribution is 0.0944. The predicted octanol–water partition coefficient (Wildman–Crippen LogP) is 1.66. The molecule has 0 aliphatic carbocycles. The summed E-state index contributed by atoms with van der Waals surface area (Å²) in [5, 5.41) is 2.69. The van der Waals surface area contributed by atoms with E-state index >= 15 is 0 Å². The van der Waals surface area contributed by atoms with Gasteiger partial charge in [0, 0.05) is 19.3 Å². The molecule has 0 aliphatic heterocycles. The SMILES string of the molecule is Cc1ccc(COc2cccnc2C(=O)NCCN)cc1. The van der Waals surface area contributed by atoms with Crippen LogP contribution in [0.5, 0.6) is 5.75 Å². The average molecular weight is 285 g/mol. The fourth-order valence-corrected chi connectivity index (χ4v) is 1.79. The molecule has 0 radical (unpaired) electrons. The number of carbonyl (C=O) groups is 1. The largest absolute Gasteiger partial charge is 0.486 e. The maximum atomic E-state index is 12.0. The van der Waals surface area contributed by atoms with Crippen LogP contribution in [0.2, 0.25) is 0 Å². The zero-order chi connectivity index (χ0) is 15.1. The number of benzene rings is 1. The van der Waals surface area contributed by atoms with Crippen molar-refractivity contribution in [2.24, 2.45) is 5.73 Å². The molecule has 0 spiro atoms. The van der Waals surface area contributed by atoms with E-state index < -0.39 is 0 Å². The summed E-state index contributed by atoms with van der Waals surface area (Å²) in [4.78, 5) is 16.1. The number of pyridine rings is 1. The Kier molecular flexibility index (Phi) is 5.29. The van der Waals surface area contributed by atoms with Crippen molar-refractivity contribution in [3.8, 4) is 5.75 Å². The van der Waals surface area contributed by atoms with Gasteiger partial charge in [-0.25, -0.2) is 4.98 Å². The zero-order valence-electron chi connectivity index (χ0n) is 12.0. The van der Waals surface area contributed by atoms with Crippen LogP contribution in [0.3, 0.4) is 0 Å². The highest BCUT2D eigenvalue weighted by Crippen LogP contribution is 2.17. The quantitative estimate of drug-likeness (QED) is 0.846. The van der Waals surface area contributed by atoms with E-state index in [1.807, 2.05) is 31.2 Å². The summed E-state index contributed by atoms with van der Waals surface area (Å²) in [5.41, 5.74) is 7.89. The van der Waals surface area contributed by atoms with Crippen LogP contribution in [0.15, 0.2) is 42.6 Å². The third-order valence-electron chi connectivity index (χ3n) is 2.93. The number of hydrogen-bond acceptors (Lipinski definition) is 4. The third kappa shape index (κ3) is 4.29. The van der Waals surface area contributed by atoms with E-state index in [2.05, 4.69) is 10.3 Å². The maximum Gasteiger partial charge on any atom is 0.273 e. The Hall–Kier alpha value is -2.40. The van der Waals surface area contributed by atoms with Gasteiger partial charge in [-0.1, -0.05) is 29.8 Å². The van der Waals surface area contributed by atoms with Crippen LogP contribution >= 0.6 is 0 Å². The van der Waals surface area contributed by atoms with Crippen LogP contribution in [0.4, 0.5) is 0 Å². The van der Waals surface area contributed by atoms with E-state index in [0.717, 1.165) is 5.56 Å². The molecule has 1 aromatic carbocycles. The Morgan fingerprint density at radius 1 is 1.29 bits per heavy atom. The highest BCUT2D eigenvalue weighted by atomic mass is 16.5. The first-order valence-electron chi connectivity index (χ1n) is 6.82. The molecule has 0 fully saturated rings. The first kappa shape index (κ1) is 15.0. The van der Waals surface area contributed by atoms with E-state index in [4.69, 9.17) is 10.5 Å². The van der Waals surface area contributed by atoms with E-state index in [9.17, 15) is 4.79 Å². The van der Waals surface area contributed by atoms with Crippen molar-refractivity contribution >= 4 is 5.91 Å². The highest BCUT2D eigenvalue weighted by Gasteiger charge is 2.13. The smallest absolute Gasteiger partial charge is 0.273 e. The number of aromatic nitrogens is 1. The van der Waals surface area contributed by atoms with Crippen LogP contribution in [-0.2, 0) is 6.61 Å². The molecule has 0 saturated heterocycles. The molecule has 0 bridgehead atoms. The molecule has 5 heteroatoms. The summed E-state index contributed by atoms with van der Waals surface area (Å²) in [7, 11) is 0. The van der Waals surface area contributed by atoms with Gasteiger partial charge in [0.05, 0.1) is 0 Å². The van der Waals surface area contributed by atoms with E-state index in [-0.39, 0.29) is 11.6 Å².